The Kier molecular flexibility index (Phi) is 5.11. The monoisotopic (exact) mass is 288 g/mol. The molecule has 106 valence electrons. The average Bonchev–Trinajstić information content (AvgIpc) is 2.51. The largest absolute Gasteiger partial charge is 0.495 e. The molecule has 0 bridgehead atoms. The van der Waals surface area contributed by atoms with Crippen LogP contribution in [0.2, 0.25) is 0 Å². The Morgan fingerprint density at radius 2 is 2.05 bits per heavy atom. The van der Waals surface area contributed by atoms with E-state index in [9.17, 15) is 5.26 Å². The number of hydrogen-bond donors (Lipinski definition) is 0. The molecule has 1 saturated heterocycles. The van der Waals surface area contributed by atoms with E-state index < -0.39 is 5.54 Å². The van der Waals surface area contributed by atoms with E-state index in [-0.39, 0.29) is 0 Å². The molecule has 0 unspecified atom stereocenters. The predicted molar refractivity (Wildman–Crippen MR) is 83.4 cm³/mol. The van der Waals surface area contributed by atoms with Crippen LogP contribution in [0.25, 0.3) is 0 Å². The topological polar surface area (TPSA) is 36.3 Å². The molecule has 1 aromatic rings. The third kappa shape index (κ3) is 2.70. The highest BCUT2D eigenvalue weighted by atomic mass is 32.2. The zero-order valence-electron chi connectivity index (χ0n) is 11.8. The minimum atomic E-state index is -0.877. The van der Waals surface area contributed by atoms with Crippen molar-refractivity contribution >= 4 is 11.8 Å². The number of nitrogens with zero attached hydrogens (tertiary/aromatic N) is 2. The third-order valence-corrected chi connectivity index (χ3v) is 4.50. The lowest BCUT2D eigenvalue weighted by Gasteiger charge is -2.41. The number of benzene rings is 1. The fourth-order valence-corrected chi connectivity index (χ4v) is 3.48. The van der Waals surface area contributed by atoms with Crippen molar-refractivity contribution in [1.82, 2.24) is 4.90 Å². The molecule has 1 aliphatic rings. The van der Waals surface area contributed by atoms with Crippen LogP contribution >= 0.6 is 11.8 Å². The Hall–Kier alpha value is -1.44. The van der Waals surface area contributed by atoms with Gasteiger partial charge in [-0.3, -0.25) is 4.90 Å². The van der Waals surface area contributed by atoms with Crippen LogP contribution in [0, 0.1) is 11.3 Å². The van der Waals surface area contributed by atoms with Gasteiger partial charge in [0.15, 0.2) is 5.54 Å². The van der Waals surface area contributed by atoms with Crippen molar-refractivity contribution in [2.45, 2.75) is 12.5 Å². The molecule has 1 heterocycles. The van der Waals surface area contributed by atoms with Crippen LogP contribution < -0.4 is 0 Å². The molecule has 0 aromatic heterocycles. The smallest absolute Gasteiger partial charge is 0.191 e. The van der Waals surface area contributed by atoms with E-state index in [0.29, 0.717) is 12.4 Å². The third-order valence-electron chi connectivity index (χ3n) is 3.56. The zero-order chi connectivity index (χ0) is 14.4. The number of hydrogen-bond acceptors (Lipinski definition) is 4. The quantitative estimate of drug-likeness (QED) is 0.780. The first-order valence-electron chi connectivity index (χ1n) is 6.87. The minimum absolute atomic E-state index is 0.525. The fraction of sp³-hybridized carbons (Fsp3) is 0.438. The molecule has 20 heavy (non-hydrogen) atoms. The van der Waals surface area contributed by atoms with Crippen molar-refractivity contribution in [2.24, 2.45) is 0 Å². The van der Waals surface area contributed by atoms with Gasteiger partial charge in [0.1, 0.15) is 5.76 Å². The van der Waals surface area contributed by atoms with E-state index in [4.69, 9.17) is 4.74 Å². The predicted octanol–water partition coefficient (Wildman–Crippen LogP) is 3.00. The zero-order valence-corrected chi connectivity index (χ0v) is 12.7. The van der Waals surface area contributed by atoms with Crippen molar-refractivity contribution in [3.05, 3.63) is 48.2 Å². The highest BCUT2D eigenvalue weighted by Crippen LogP contribution is 2.36. The van der Waals surface area contributed by atoms with E-state index in [1.807, 2.05) is 49.0 Å². The van der Waals surface area contributed by atoms with Gasteiger partial charge in [0.2, 0.25) is 0 Å². The summed E-state index contributed by atoms with van der Waals surface area (Å²) in [5.74, 6) is 2.60. The molecule has 1 aliphatic heterocycles. The Morgan fingerprint density at radius 1 is 1.40 bits per heavy atom. The summed E-state index contributed by atoms with van der Waals surface area (Å²) in [7, 11) is 0. The van der Waals surface area contributed by atoms with Gasteiger partial charge in [0.25, 0.3) is 0 Å². The number of rotatable bonds is 5. The number of ether oxygens (including phenoxy) is 1. The minimum Gasteiger partial charge on any atom is -0.495 e. The highest BCUT2D eigenvalue weighted by Gasteiger charge is 2.43. The van der Waals surface area contributed by atoms with Crippen molar-refractivity contribution in [1.29, 1.82) is 5.26 Å². The summed E-state index contributed by atoms with van der Waals surface area (Å²) in [5, 5.41) is 9.94. The second kappa shape index (κ2) is 6.83. The summed E-state index contributed by atoms with van der Waals surface area (Å²) in [6.07, 6.45) is 0. The molecule has 1 atom stereocenters. The van der Waals surface area contributed by atoms with Gasteiger partial charge in [-0.1, -0.05) is 36.9 Å². The maximum absolute atomic E-state index is 9.94. The van der Waals surface area contributed by atoms with Gasteiger partial charge in [-0.05, 0) is 12.5 Å². The van der Waals surface area contributed by atoms with Crippen LogP contribution in [0.15, 0.2) is 42.7 Å². The van der Waals surface area contributed by atoms with Gasteiger partial charge in [-0.15, -0.1) is 0 Å². The van der Waals surface area contributed by atoms with E-state index in [0.717, 1.165) is 30.2 Å². The van der Waals surface area contributed by atoms with Crippen LogP contribution in [0.1, 0.15) is 12.5 Å². The first kappa shape index (κ1) is 15.0. The Morgan fingerprint density at radius 3 is 2.60 bits per heavy atom. The van der Waals surface area contributed by atoms with Crippen LogP contribution in [-0.2, 0) is 10.3 Å². The Labute approximate surface area is 125 Å². The van der Waals surface area contributed by atoms with E-state index in [1.165, 1.54) is 0 Å². The molecule has 4 heteroatoms. The standard InChI is InChI=1S/C16H20N2OS/c1-3-19-14(2)16(13-17,15-7-5-4-6-8-15)18-9-11-20-12-10-18/h4-8H,2-3,9-12H2,1H3/t16-/m0/s1. The normalized spacial score (nSPS) is 18.8. The molecule has 3 nitrogen and oxygen atoms in total. The molecule has 0 aliphatic carbocycles. The summed E-state index contributed by atoms with van der Waals surface area (Å²) in [6, 6.07) is 12.3. The highest BCUT2D eigenvalue weighted by molar-refractivity contribution is 7.99. The first-order chi connectivity index (χ1) is 9.75. The van der Waals surface area contributed by atoms with Crippen molar-refractivity contribution < 1.29 is 4.74 Å². The summed E-state index contributed by atoms with van der Waals surface area (Å²) >= 11 is 1.92. The van der Waals surface area contributed by atoms with Gasteiger partial charge in [-0.2, -0.15) is 17.0 Å². The number of thioether (sulfide) groups is 1. The molecule has 1 fully saturated rings. The summed E-state index contributed by atoms with van der Waals surface area (Å²) in [5.41, 5.74) is 0.0611. The summed E-state index contributed by atoms with van der Waals surface area (Å²) in [4.78, 5) is 2.19. The van der Waals surface area contributed by atoms with Gasteiger partial charge < -0.3 is 4.74 Å². The van der Waals surface area contributed by atoms with Gasteiger partial charge >= 0.3 is 0 Å². The van der Waals surface area contributed by atoms with Crippen LogP contribution in [0.5, 0.6) is 0 Å². The molecule has 1 aromatic carbocycles. The van der Waals surface area contributed by atoms with Gasteiger partial charge in [-0.25, -0.2) is 0 Å². The van der Waals surface area contributed by atoms with Crippen LogP contribution in [0.3, 0.4) is 0 Å². The van der Waals surface area contributed by atoms with Gasteiger partial charge in [0.05, 0.1) is 12.7 Å². The van der Waals surface area contributed by atoms with E-state index in [1.54, 1.807) is 0 Å². The Bertz CT molecular complexity index is 491. The molecule has 2 rings (SSSR count). The second-order valence-electron chi connectivity index (χ2n) is 4.64. The second-order valence-corrected chi connectivity index (χ2v) is 5.87. The average molecular weight is 288 g/mol. The lowest BCUT2D eigenvalue weighted by molar-refractivity contribution is 0.0950. The maximum Gasteiger partial charge on any atom is 0.191 e. The van der Waals surface area contributed by atoms with Crippen LogP contribution in [-0.4, -0.2) is 36.1 Å². The van der Waals surface area contributed by atoms with Crippen molar-refractivity contribution in [3.8, 4) is 6.07 Å². The fourth-order valence-electron chi connectivity index (χ4n) is 2.57. The van der Waals surface area contributed by atoms with E-state index in [2.05, 4.69) is 17.5 Å². The van der Waals surface area contributed by atoms with E-state index >= 15 is 0 Å². The molecule has 0 amide bonds. The molecule has 0 radical (unpaired) electrons. The molecule has 0 N–H and O–H groups in total. The lowest BCUT2D eigenvalue weighted by Crippen LogP contribution is -2.50. The molecule has 0 saturated carbocycles. The van der Waals surface area contributed by atoms with Crippen molar-refractivity contribution in [3.63, 3.8) is 0 Å². The lowest BCUT2D eigenvalue weighted by atomic mass is 9.87. The SMILES string of the molecule is C=C(OCC)[C@@](C#N)(c1ccccc1)N1CCSCC1. The molecular weight excluding hydrogens is 268 g/mol. The van der Waals surface area contributed by atoms with Crippen molar-refractivity contribution in [2.75, 3.05) is 31.2 Å². The maximum atomic E-state index is 9.94. The molecule has 0 spiro atoms. The first-order valence-corrected chi connectivity index (χ1v) is 8.03. The van der Waals surface area contributed by atoms with Crippen LogP contribution in [0.4, 0.5) is 0 Å². The summed E-state index contributed by atoms with van der Waals surface area (Å²) < 4.78 is 5.64. The number of nitriles is 1. The Balaban J connectivity index is 2.46. The van der Waals surface area contributed by atoms with Gasteiger partial charge in [0, 0.05) is 24.6 Å². The summed E-state index contributed by atoms with van der Waals surface area (Å²) in [6.45, 7) is 8.24. The molecular formula is C16H20N2OS.